The SMILES string of the molecule is N#Cc1ccccc1-c1cc(-c2ccc3oc4ccccc4c3c2)cc(-c2ccccc2)c1-c1ccc2oc3ccccc3c2c1. The first-order chi connectivity index (χ1) is 22.7. The molecule has 2 aromatic heterocycles. The van der Waals surface area contributed by atoms with Crippen molar-refractivity contribution >= 4 is 43.9 Å². The van der Waals surface area contributed by atoms with E-state index < -0.39 is 0 Å². The summed E-state index contributed by atoms with van der Waals surface area (Å²) in [7, 11) is 0. The lowest BCUT2D eigenvalue weighted by Crippen LogP contribution is -1.95. The third-order valence-corrected chi connectivity index (χ3v) is 8.94. The Morgan fingerprint density at radius 1 is 0.370 bits per heavy atom. The molecule has 0 radical (unpaired) electrons. The van der Waals surface area contributed by atoms with Gasteiger partial charge in [0.25, 0.3) is 0 Å². The highest BCUT2D eigenvalue weighted by Gasteiger charge is 2.20. The molecule has 0 aliphatic heterocycles. The number of benzene rings is 7. The highest BCUT2D eigenvalue weighted by atomic mass is 16.3. The molecule has 0 atom stereocenters. The molecule has 0 bridgehead atoms. The predicted octanol–water partition coefficient (Wildman–Crippen LogP) is 12.0. The van der Waals surface area contributed by atoms with E-state index in [1.165, 1.54) is 0 Å². The second-order valence-electron chi connectivity index (χ2n) is 11.6. The van der Waals surface area contributed by atoms with E-state index in [2.05, 4.69) is 97.1 Å². The van der Waals surface area contributed by atoms with Crippen molar-refractivity contribution in [2.75, 3.05) is 0 Å². The molecule has 0 N–H and O–H groups in total. The van der Waals surface area contributed by atoms with Crippen LogP contribution in [0.4, 0.5) is 0 Å². The average molecular weight is 588 g/mol. The van der Waals surface area contributed by atoms with Gasteiger partial charge in [0.15, 0.2) is 0 Å². The number of hydrogen-bond acceptors (Lipinski definition) is 3. The summed E-state index contributed by atoms with van der Waals surface area (Å²) in [4.78, 5) is 0. The zero-order valence-corrected chi connectivity index (χ0v) is 24.7. The lowest BCUT2D eigenvalue weighted by molar-refractivity contribution is 0.668. The van der Waals surface area contributed by atoms with Crippen molar-refractivity contribution in [1.82, 2.24) is 0 Å². The zero-order chi connectivity index (χ0) is 30.6. The van der Waals surface area contributed by atoms with Crippen LogP contribution in [0.1, 0.15) is 5.56 Å². The Morgan fingerprint density at radius 2 is 0.913 bits per heavy atom. The van der Waals surface area contributed by atoms with Gasteiger partial charge >= 0.3 is 0 Å². The first kappa shape index (κ1) is 26.1. The molecule has 7 aromatic carbocycles. The maximum Gasteiger partial charge on any atom is 0.135 e. The fourth-order valence-electron chi connectivity index (χ4n) is 6.78. The smallest absolute Gasteiger partial charge is 0.135 e. The third kappa shape index (κ3) is 4.13. The van der Waals surface area contributed by atoms with Crippen LogP contribution in [0.25, 0.3) is 88.4 Å². The van der Waals surface area contributed by atoms with Gasteiger partial charge in [-0.25, -0.2) is 0 Å². The molecule has 0 fully saturated rings. The summed E-state index contributed by atoms with van der Waals surface area (Å²) in [6, 6.07) is 54.5. The number of rotatable bonds is 4. The highest BCUT2D eigenvalue weighted by molar-refractivity contribution is 6.09. The van der Waals surface area contributed by atoms with Crippen molar-refractivity contribution in [3.63, 3.8) is 0 Å². The Balaban J connectivity index is 1.38. The Morgan fingerprint density at radius 3 is 1.61 bits per heavy atom. The van der Waals surface area contributed by atoms with E-state index in [1.54, 1.807) is 0 Å². The van der Waals surface area contributed by atoms with Crippen molar-refractivity contribution in [3.8, 4) is 50.6 Å². The van der Waals surface area contributed by atoms with Crippen LogP contribution in [0.3, 0.4) is 0 Å². The summed E-state index contributed by atoms with van der Waals surface area (Å²) in [5.74, 6) is 0. The normalized spacial score (nSPS) is 11.5. The minimum absolute atomic E-state index is 0.631. The lowest BCUT2D eigenvalue weighted by Gasteiger charge is -2.20. The van der Waals surface area contributed by atoms with Gasteiger partial charge in [0.2, 0.25) is 0 Å². The molecule has 0 aliphatic carbocycles. The van der Waals surface area contributed by atoms with Gasteiger partial charge in [0.1, 0.15) is 22.3 Å². The molecule has 0 aliphatic rings. The van der Waals surface area contributed by atoms with E-state index in [0.717, 1.165) is 88.4 Å². The minimum atomic E-state index is 0.631. The number of hydrogen-bond donors (Lipinski definition) is 0. The number of fused-ring (bicyclic) bond motifs is 6. The first-order valence-corrected chi connectivity index (χ1v) is 15.3. The van der Waals surface area contributed by atoms with Gasteiger partial charge in [-0.15, -0.1) is 0 Å². The minimum Gasteiger partial charge on any atom is -0.456 e. The summed E-state index contributed by atoms with van der Waals surface area (Å²) < 4.78 is 12.3. The molecule has 9 aromatic rings. The maximum atomic E-state index is 10.3. The summed E-state index contributed by atoms with van der Waals surface area (Å²) in [6.07, 6.45) is 0. The fourth-order valence-corrected chi connectivity index (χ4v) is 6.78. The van der Waals surface area contributed by atoms with E-state index in [-0.39, 0.29) is 0 Å². The molecule has 214 valence electrons. The molecule has 0 unspecified atom stereocenters. The first-order valence-electron chi connectivity index (χ1n) is 15.3. The predicted molar refractivity (Wildman–Crippen MR) is 187 cm³/mol. The molecule has 0 saturated heterocycles. The number of nitriles is 1. The Kier molecular flexibility index (Phi) is 5.88. The van der Waals surface area contributed by atoms with Gasteiger partial charge in [-0.1, -0.05) is 97.1 Å². The van der Waals surface area contributed by atoms with Crippen LogP contribution in [-0.4, -0.2) is 0 Å². The van der Waals surface area contributed by atoms with Crippen LogP contribution >= 0.6 is 0 Å². The Labute approximate surface area is 265 Å². The van der Waals surface area contributed by atoms with Gasteiger partial charge in [0.05, 0.1) is 11.6 Å². The van der Waals surface area contributed by atoms with E-state index in [1.807, 2.05) is 60.7 Å². The largest absolute Gasteiger partial charge is 0.456 e. The van der Waals surface area contributed by atoms with Gasteiger partial charge in [0, 0.05) is 27.1 Å². The quantitative estimate of drug-likeness (QED) is 0.206. The number of nitrogens with zero attached hydrogens (tertiary/aromatic N) is 1. The fraction of sp³-hybridized carbons (Fsp3) is 0. The summed E-state index contributed by atoms with van der Waals surface area (Å²) >= 11 is 0. The average Bonchev–Trinajstić information content (AvgIpc) is 3.69. The van der Waals surface area contributed by atoms with Gasteiger partial charge in [-0.2, -0.15) is 5.26 Å². The number of furan rings is 2. The molecule has 46 heavy (non-hydrogen) atoms. The van der Waals surface area contributed by atoms with Crippen LogP contribution in [-0.2, 0) is 0 Å². The standard InChI is InChI=1S/C43H25NO2/c44-26-30-12-4-5-13-32(30)38-25-31(28-18-20-41-36(22-28)33-14-6-8-16-39(33)45-41)24-35(27-10-2-1-3-11-27)43(38)29-19-21-42-37(23-29)34-15-7-9-17-40(34)46-42/h1-25H. The van der Waals surface area contributed by atoms with Crippen LogP contribution in [0.5, 0.6) is 0 Å². The van der Waals surface area contributed by atoms with Crippen molar-refractivity contribution in [2.24, 2.45) is 0 Å². The molecule has 0 spiro atoms. The van der Waals surface area contributed by atoms with E-state index in [9.17, 15) is 5.26 Å². The second kappa shape index (κ2) is 10.4. The van der Waals surface area contributed by atoms with Crippen LogP contribution in [0.15, 0.2) is 160 Å². The van der Waals surface area contributed by atoms with E-state index in [0.29, 0.717) is 5.56 Å². The molecule has 9 rings (SSSR count). The monoisotopic (exact) mass is 587 g/mol. The van der Waals surface area contributed by atoms with Crippen molar-refractivity contribution < 1.29 is 8.83 Å². The third-order valence-electron chi connectivity index (χ3n) is 8.94. The van der Waals surface area contributed by atoms with Gasteiger partial charge in [-0.3, -0.25) is 0 Å². The molecule has 0 amide bonds. The molecule has 2 heterocycles. The van der Waals surface area contributed by atoms with E-state index in [4.69, 9.17) is 8.83 Å². The van der Waals surface area contributed by atoms with Crippen LogP contribution in [0, 0.1) is 11.3 Å². The topological polar surface area (TPSA) is 50.1 Å². The zero-order valence-electron chi connectivity index (χ0n) is 24.7. The van der Waals surface area contributed by atoms with Gasteiger partial charge < -0.3 is 8.83 Å². The van der Waals surface area contributed by atoms with Gasteiger partial charge in [-0.05, 0) is 93.5 Å². The summed E-state index contributed by atoms with van der Waals surface area (Å²) in [5.41, 5.74) is 12.4. The van der Waals surface area contributed by atoms with E-state index >= 15 is 0 Å². The van der Waals surface area contributed by atoms with Crippen molar-refractivity contribution in [3.05, 3.63) is 157 Å². The Bertz CT molecular complexity index is 2650. The molecular weight excluding hydrogens is 562 g/mol. The van der Waals surface area contributed by atoms with Crippen molar-refractivity contribution in [1.29, 1.82) is 5.26 Å². The lowest BCUT2D eigenvalue weighted by atomic mass is 9.83. The highest BCUT2D eigenvalue weighted by Crippen LogP contribution is 2.46. The van der Waals surface area contributed by atoms with Crippen LogP contribution < -0.4 is 0 Å². The molecule has 0 saturated carbocycles. The maximum absolute atomic E-state index is 10.3. The van der Waals surface area contributed by atoms with Crippen molar-refractivity contribution in [2.45, 2.75) is 0 Å². The molecular formula is C43H25NO2. The molecule has 3 nitrogen and oxygen atoms in total. The number of para-hydroxylation sites is 2. The summed E-state index contributed by atoms with van der Waals surface area (Å²) in [6.45, 7) is 0. The van der Waals surface area contributed by atoms with Crippen LogP contribution in [0.2, 0.25) is 0 Å². The Hall–Kier alpha value is -6.37. The second-order valence-corrected chi connectivity index (χ2v) is 11.6. The summed E-state index contributed by atoms with van der Waals surface area (Å²) in [5, 5.41) is 14.6. The molecule has 3 heteroatoms.